The summed E-state index contributed by atoms with van der Waals surface area (Å²) in [5.41, 5.74) is 14.9. The van der Waals surface area contributed by atoms with Gasteiger partial charge in [-0.15, -0.1) is 0 Å². The Kier molecular flexibility index (Phi) is 3.39. The summed E-state index contributed by atoms with van der Waals surface area (Å²) in [6.07, 6.45) is -0.344. The molecule has 0 fully saturated rings. The van der Waals surface area contributed by atoms with E-state index in [1.54, 1.807) is 0 Å². The van der Waals surface area contributed by atoms with Crippen LogP contribution in [0.4, 0.5) is 21.9 Å². The number of carbonyl (C=O) groups is 1. The summed E-state index contributed by atoms with van der Waals surface area (Å²) in [6.45, 7) is 0.559. The second-order valence-electron chi connectivity index (χ2n) is 5.10. The first-order valence-electron chi connectivity index (χ1n) is 6.80. The number of nitrogens with two attached hydrogens (primary N) is 2. The molecule has 0 aromatic heterocycles. The van der Waals surface area contributed by atoms with Gasteiger partial charge in [0.05, 0.1) is 6.54 Å². The molecule has 1 heterocycles. The van der Waals surface area contributed by atoms with Crippen molar-refractivity contribution >= 4 is 23.2 Å². The third kappa shape index (κ3) is 2.76. The summed E-state index contributed by atoms with van der Waals surface area (Å²) in [5.74, 6) is 0. The normalized spacial score (nSPS) is 17.1. The van der Waals surface area contributed by atoms with Crippen LogP contribution >= 0.6 is 0 Å². The van der Waals surface area contributed by atoms with Crippen molar-refractivity contribution in [2.75, 3.05) is 17.2 Å². The van der Waals surface area contributed by atoms with E-state index in [0.29, 0.717) is 18.7 Å². The van der Waals surface area contributed by atoms with Crippen molar-refractivity contribution in [2.24, 2.45) is 5.73 Å². The highest BCUT2D eigenvalue weighted by atomic mass is 16.6. The van der Waals surface area contributed by atoms with Gasteiger partial charge in [-0.1, -0.05) is 24.3 Å². The molecule has 5 nitrogen and oxygen atoms in total. The molecule has 5 heteroatoms. The molecule has 0 aliphatic carbocycles. The molecule has 1 unspecified atom stereocenters. The average molecular weight is 283 g/mol. The molecule has 1 atom stereocenters. The molecule has 2 aromatic rings. The predicted octanol–water partition coefficient (Wildman–Crippen LogP) is 2.43. The fraction of sp³-hybridized carbons (Fsp3) is 0.188. The summed E-state index contributed by atoms with van der Waals surface area (Å²) in [6, 6.07) is 15.7. The lowest BCUT2D eigenvalue weighted by Gasteiger charge is -2.35. The van der Waals surface area contributed by atoms with Gasteiger partial charge in [-0.2, -0.15) is 0 Å². The second-order valence-corrected chi connectivity index (χ2v) is 5.10. The van der Waals surface area contributed by atoms with Crippen molar-refractivity contribution in [1.29, 1.82) is 0 Å². The predicted molar refractivity (Wildman–Crippen MR) is 82.5 cm³/mol. The van der Waals surface area contributed by atoms with E-state index in [1.807, 2.05) is 42.5 Å². The summed E-state index contributed by atoms with van der Waals surface area (Å²) >= 11 is 0. The van der Waals surface area contributed by atoms with Crippen LogP contribution in [0.3, 0.4) is 0 Å². The number of amides is 1. The highest BCUT2D eigenvalue weighted by Crippen LogP contribution is 2.34. The zero-order chi connectivity index (χ0) is 14.8. The van der Waals surface area contributed by atoms with Crippen molar-refractivity contribution in [2.45, 2.75) is 12.5 Å². The Hall–Kier alpha value is -2.69. The van der Waals surface area contributed by atoms with Gasteiger partial charge in [-0.3, -0.25) is 0 Å². The topological polar surface area (TPSA) is 81.6 Å². The molecule has 1 aliphatic heterocycles. The van der Waals surface area contributed by atoms with Crippen LogP contribution in [0.1, 0.15) is 5.56 Å². The summed E-state index contributed by atoms with van der Waals surface area (Å²) in [4.78, 5) is 13.1. The van der Waals surface area contributed by atoms with Crippen molar-refractivity contribution in [3.05, 3.63) is 54.1 Å². The van der Waals surface area contributed by atoms with Gasteiger partial charge in [0.15, 0.2) is 0 Å². The minimum Gasteiger partial charge on any atom is -0.444 e. The molecule has 0 saturated heterocycles. The number of hydrogen-bond acceptors (Lipinski definition) is 4. The molecule has 108 valence electrons. The van der Waals surface area contributed by atoms with Gasteiger partial charge in [0.1, 0.15) is 6.10 Å². The number of anilines is 3. The van der Waals surface area contributed by atoms with E-state index in [9.17, 15) is 4.79 Å². The van der Waals surface area contributed by atoms with Gasteiger partial charge in [-0.25, -0.2) is 4.79 Å². The molecule has 1 aliphatic rings. The van der Waals surface area contributed by atoms with Crippen molar-refractivity contribution < 1.29 is 9.53 Å². The van der Waals surface area contributed by atoms with Crippen molar-refractivity contribution in [1.82, 2.24) is 0 Å². The van der Waals surface area contributed by atoms with Crippen LogP contribution in [0.15, 0.2) is 48.5 Å². The Morgan fingerprint density at radius 1 is 1.19 bits per heavy atom. The standard InChI is InChI=1S/C16H17N3O2/c17-12-5-3-6-13(9-12)19-10-14(21-16(18)20)8-11-4-1-2-7-15(11)19/h1-7,9,14H,8,10,17H2,(H2,18,20). The van der Waals surface area contributed by atoms with Gasteiger partial charge in [0, 0.05) is 23.5 Å². The number of primary amides is 1. The van der Waals surface area contributed by atoms with Crippen LogP contribution in [-0.4, -0.2) is 18.7 Å². The summed E-state index contributed by atoms with van der Waals surface area (Å²) < 4.78 is 5.20. The summed E-state index contributed by atoms with van der Waals surface area (Å²) in [5, 5.41) is 0. The SMILES string of the molecule is NC(=O)OC1Cc2ccccc2N(c2cccc(N)c2)C1. The van der Waals surface area contributed by atoms with Crippen molar-refractivity contribution in [3.63, 3.8) is 0 Å². The van der Waals surface area contributed by atoms with E-state index < -0.39 is 6.09 Å². The number of hydrogen-bond donors (Lipinski definition) is 2. The van der Waals surface area contributed by atoms with Gasteiger partial charge < -0.3 is 21.1 Å². The van der Waals surface area contributed by atoms with Crippen molar-refractivity contribution in [3.8, 4) is 0 Å². The Morgan fingerprint density at radius 2 is 2.00 bits per heavy atom. The fourth-order valence-corrected chi connectivity index (χ4v) is 2.74. The largest absolute Gasteiger partial charge is 0.444 e. The van der Waals surface area contributed by atoms with Gasteiger partial charge >= 0.3 is 6.09 Å². The quantitative estimate of drug-likeness (QED) is 0.829. The van der Waals surface area contributed by atoms with E-state index in [1.165, 1.54) is 0 Å². The van der Waals surface area contributed by atoms with Gasteiger partial charge in [0.25, 0.3) is 0 Å². The first-order valence-corrected chi connectivity index (χ1v) is 6.80. The van der Waals surface area contributed by atoms with Gasteiger partial charge in [-0.05, 0) is 29.8 Å². The van der Waals surface area contributed by atoms with E-state index in [2.05, 4.69) is 11.0 Å². The number of nitrogen functional groups attached to an aromatic ring is 1. The lowest BCUT2D eigenvalue weighted by Crippen LogP contribution is -2.39. The van der Waals surface area contributed by atoms with Crippen LogP contribution in [0.5, 0.6) is 0 Å². The third-order valence-electron chi connectivity index (χ3n) is 3.58. The highest BCUT2D eigenvalue weighted by Gasteiger charge is 2.27. The first kappa shape index (κ1) is 13.3. The van der Waals surface area contributed by atoms with Crippen LogP contribution < -0.4 is 16.4 Å². The molecular formula is C16H17N3O2. The van der Waals surface area contributed by atoms with E-state index in [4.69, 9.17) is 16.2 Å². The van der Waals surface area contributed by atoms with Crippen LogP contribution in [0, 0.1) is 0 Å². The monoisotopic (exact) mass is 283 g/mol. The maximum atomic E-state index is 11.0. The first-order chi connectivity index (χ1) is 10.1. The average Bonchev–Trinajstić information content (AvgIpc) is 2.46. The Labute approximate surface area is 123 Å². The number of ether oxygens (including phenoxy) is 1. The molecule has 21 heavy (non-hydrogen) atoms. The number of nitrogens with zero attached hydrogens (tertiary/aromatic N) is 1. The van der Waals surface area contributed by atoms with E-state index in [0.717, 1.165) is 16.9 Å². The van der Waals surface area contributed by atoms with Crippen LogP contribution in [0.2, 0.25) is 0 Å². The number of carbonyl (C=O) groups excluding carboxylic acids is 1. The smallest absolute Gasteiger partial charge is 0.404 e. The number of rotatable bonds is 2. The molecular weight excluding hydrogens is 266 g/mol. The van der Waals surface area contributed by atoms with Crippen LogP contribution in [-0.2, 0) is 11.2 Å². The Morgan fingerprint density at radius 3 is 2.76 bits per heavy atom. The minimum absolute atomic E-state index is 0.265. The minimum atomic E-state index is -0.744. The molecule has 0 saturated carbocycles. The molecule has 0 spiro atoms. The molecule has 2 aromatic carbocycles. The molecule has 4 N–H and O–H groups in total. The lowest BCUT2D eigenvalue weighted by atomic mass is 9.99. The second kappa shape index (κ2) is 5.36. The maximum Gasteiger partial charge on any atom is 0.404 e. The third-order valence-corrected chi connectivity index (χ3v) is 3.58. The maximum absolute atomic E-state index is 11.0. The number of benzene rings is 2. The zero-order valence-corrected chi connectivity index (χ0v) is 11.5. The Bertz CT molecular complexity index is 672. The molecule has 1 amide bonds. The van der Waals surface area contributed by atoms with Gasteiger partial charge in [0.2, 0.25) is 0 Å². The highest BCUT2D eigenvalue weighted by molar-refractivity contribution is 5.71. The molecule has 0 bridgehead atoms. The zero-order valence-electron chi connectivity index (χ0n) is 11.5. The summed E-state index contributed by atoms with van der Waals surface area (Å²) in [7, 11) is 0. The Balaban J connectivity index is 1.99. The van der Waals surface area contributed by atoms with E-state index >= 15 is 0 Å². The number of fused-ring (bicyclic) bond motifs is 1. The molecule has 3 rings (SSSR count). The van der Waals surface area contributed by atoms with E-state index in [-0.39, 0.29) is 6.10 Å². The number of para-hydroxylation sites is 1. The van der Waals surface area contributed by atoms with Crippen LogP contribution in [0.25, 0.3) is 0 Å². The fourth-order valence-electron chi connectivity index (χ4n) is 2.74. The lowest BCUT2D eigenvalue weighted by molar-refractivity contribution is 0.108. The molecule has 0 radical (unpaired) electrons.